The van der Waals surface area contributed by atoms with Crippen LogP contribution < -0.4 is 0 Å². The molecule has 0 aromatic heterocycles. The number of carbonyl (C=O) groups excluding carboxylic acids is 1. The molecule has 1 aromatic carbocycles. The first kappa shape index (κ1) is 11.9. The maximum absolute atomic E-state index is 13.2. The average Bonchev–Trinajstić information content (AvgIpc) is 2.26. The highest BCUT2D eigenvalue weighted by Crippen LogP contribution is 2.22. The van der Waals surface area contributed by atoms with Crippen molar-refractivity contribution >= 4 is 17.6 Å². The average molecular weight is 233 g/mol. The Kier molecular flexibility index (Phi) is 4.05. The van der Waals surface area contributed by atoms with E-state index in [9.17, 15) is 14.3 Å². The molecule has 1 N–H and O–H groups in total. The Balaban J connectivity index is 2.84. The molecule has 82 valence electrons. The second-order valence-electron chi connectivity index (χ2n) is 2.92. The first-order chi connectivity index (χ1) is 7.06. The van der Waals surface area contributed by atoms with Crippen molar-refractivity contribution in [1.82, 2.24) is 0 Å². The summed E-state index contributed by atoms with van der Waals surface area (Å²) in [6.45, 7) is 0. The lowest BCUT2D eigenvalue weighted by Crippen LogP contribution is -2.24. The fourth-order valence-electron chi connectivity index (χ4n) is 1.10. The van der Waals surface area contributed by atoms with Crippen LogP contribution in [0.1, 0.15) is 11.7 Å². The SMILES string of the molecule is COC(=O)C(F)C(O)c1cccc(Cl)c1. The van der Waals surface area contributed by atoms with Gasteiger partial charge < -0.3 is 9.84 Å². The molecular weight excluding hydrogens is 223 g/mol. The molecule has 0 aliphatic heterocycles. The Labute approximate surface area is 91.4 Å². The van der Waals surface area contributed by atoms with Crippen LogP contribution in [-0.2, 0) is 9.53 Å². The van der Waals surface area contributed by atoms with Gasteiger partial charge in [0.1, 0.15) is 6.10 Å². The summed E-state index contributed by atoms with van der Waals surface area (Å²) in [5.41, 5.74) is 0.236. The van der Waals surface area contributed by atoms with Crippen molar-refractivity contribution in [3.05, 3.63) is 34.9 Å². The van der Waals surface area contributed by atoms with Gasteiger partial charge in [-0.2, -0.15) is 0 Å². The third-order valence-electron chi connectivity index (χ3n) is 1.89. The van der Waals surface area contributed by atoms with Crippen LogP contribution in [0.5, 0.6) is 0 Å². The molecule has 0 bridgehead atoms. The Morgan fingerprint density at radius 2 is 2.27 bits per heavy atom. The predicted molar refractivity (Wildman–Crippen MR) is 53.3 cm³/mol. The Morgan fingerprint density at radius 1 is 1.60 bits per heavy atom. The summed E-state index contributed by atoms with van der Waals surface area (Å²) in [5.74, 6) is -1.11. The van der Waals surface area contributed by atoms with Crippen LogP contribution in [0.2, 0.25) is 5.02 Å². The number of esters is 1. The van der Waals surface area contributed by atoms with Crippen LogP contribution in [0, 0.1) is 0 Å². The second-order valence-corrected chi connectivity index (χ2v) is 3.36. The highest BCUT2D eigenvalue weighted by Gasteiger charge is 2.28. The third-order valence-corrected chi connectivity index (χ3v) is 2.13. The van der Waals surface area contributed by atoms with Gasteiger partial charge in [-0.05, 0) is 17.7 Å². The van der Waals surface area contributed by atoms with Crippen molar-refractivity contribution in [2.45, 2.75) is 12.3 Å². The Hall–Kier alpha value is -1.13. The zero-order chi connectivity index (χ0) is 11.4. The largest absolute Gasteiger partial charge is 0.467 e. The van der Waals surface area contributed by atoms with Gasteiger partial charge in [0, 0.05) is 5.02 Å². The van der Waals surface area contributed by atoms with Crippen LogP contribution in [-0.4, -0.2) is 24.4 Å². The molecule has 5 heteroatoms. The van der Waals surface area contributed by atoms with Gasteiger partial charge in [0.25, 0.3) is 0 Å². The molecule has 15 heavy (non-hydrogen) atoms. The zero-order valence-electron chi connectivity index (χ0n) is 7.98. The van der Waals surface area contributed by atoms with Gasteiger partial charge in [-0.15, -0.1) is 0 Å². The van der Waals surface area contributed by atoms with Crippen LogP contribution in [0.15, 0.2) is 24.3 Å². The monoisotopic (exact) mass is 232 g/mol. The number of aliphatic hydroxyl groups is 1. The Bertz CT molecular complexity index is 356. The van der Waals surface area contributed by atoms with Crippen LogP contribution in [0.25, 0.3) is 0 Å². The molecule has 0 amide bonds. The molecule has 2 unspecified atom stereocenters. The van der Waals surface area contributed by atoms with E-state index in [0.29, 0.717) is 5.02 Å². The van der Waals surface area contributed by atoms with Crippen LogP contribution in [0.4, 0.5) is 4.39 Å². The number of carbonyl (C=O) groups is 1. The normalized spacial score (nSPS) is 14.4. The van der Waals surface area contributed by atoms with E-state index in [1.54, 1.807) is 12.1 Å². The fourth-order valence-corrected chi connectivity index (χ4v) is 1.30. The summed E-state index contributed by atoms with van der Waals surface area (Å²) < 4.78 is 17.4. The Morgan fingerprint density at radius 3 is 2.80 bits per heavy atom. The van der Waals surface area contributed by atoms with Crippen molar-refractivity contribution in [2.75, 3.05) is 7.11 Å². The van der Waals surface area contributed by atoms with E-state index < -0.39 is 18.2 Å². The number of benzene rings is 1. The predicted octanol–water partition coefficient (Wildman–Crippen LogP) is 1.88. The molecule has 0 fully saturated rings. The van der Waals surface area contributed by atoms with Crippen molar-refractivity contribution in [3.8, 4) is 0 Å². The van der Waals surface area contributed by atoms with Crippen LogP contribution >= 0.6 is 11.6 Å². The van der Waals surface area contributed by atoms with Gasteiger partial charge >= 0.3 is 5.97 Å². The minimum atomic E-state index is -2.10. The van der Waals surface area contributed by atoms with Gasteiger partial charge in [-0.3, -0.25) is 0 Å². The molecule has 0 radical (unpaired) electrons. The molecule has 1 aromatic rings. The van der Waals surface area contributed by atoms with E-state index in [4.69, 9.17) is 11.6 Å². The van der Waals surface area contributed by atoms with E-state index in [2.05, 4.69) is 4.74 Å². The minimum absolute atomic E-state index is 0.236. The molecule has 1 rings (SSSR count). The summed E-state index contributed by atoms with van der Waals surface area (Å²) in [6.07, 6.45) is -3.66. The van der Waals surface area contributed by atoms with Gasteiger partial charge in [0.05, 0.1) is 7.11 Å². The number of hydrogen-bond donors (Lipinski definition) is 1. The van der Waals surface area contributed by atoms with Crippen molar-refractivity contribution in [2.24, 2.45) is 0 Å². The molecule has 0 aliphatic carbocycles. The van der Waals surface area contributed by atoms with Gasteiger partial charge in [0.2, 0.25) is 6.17 Å². The number of rotatable bonds is 3. The molecule has 0 spiro atoms. The lowest BCUT2D eigenvalue weighted by Gasteiger charge is -2.14. The lowest BCUT2D eigenvalue weighted by molar-refractivity contribution is -0.151. The zero-order valence-corrected chi connectivity index (χ0v) is 8.74. The summed E-state index contributed by atoms with van der Waals surface area (Å²) in [5, 5.41) is 9.84. The number of hydrogen-bond acceptors (Lipinski definition) is 3. The molecule has 0 aliphatic rings. The molecule has 0 heterocycles. The first-order valence-electron chi connectivity index (χ1n) is 4.21. The second kappa shape index (κ2) is 5.09. The van der Waals surface area contributed by atoms with Gasteiger partial charge in [-0.25, -0.2) is 9.18 Å². The van der Waals surface area contributed by atoms with Crippen molar-refractivity contribution in [1.29, 1.82) is 0 Å². The van der Waals surface area contributed by atoms with E-state index in [1.165, 1.54) is 12.1 Å². The standard InChI is InChI=1S/C10H10ClFO3/c1-15-10(14)8(12)9(13)6-3-2-4-7(11)5-6/h2-5,8-9,13H,1H3. The van der Waals surface area contributed by atoms with E-state index in [-0.39, 0.29) is 5.56 Å². The molecule has 3 nitrogen and oxygen atoms in total. The maximum Gasteiger partial charge on any atom is 0.343 e. The summed E-state index contributed by atoms with van der Waals surface area (Å²) in [6, 6.07) is 6.02. The number of halogens is 2. The van der Waals surface area contributed by atoms with Gasteiger partial charge in [-0.1, -0.05) is 23.7 Å². The van der Waals surface area contributed by atoms with Crippen LogP contribution in [0.3, 0.4) is 0 Å². The highest BCUT2D eigenvalue weighted by atomic mass is 35.5. The molecule has 0 saturated carbocycles. The fraction of sp³-hybridized carbons (Fsp3) is 0.300. The molecule has 0 saturated heterocycles. The summed E-state index contributed by atoms with van der Waals surface area (Å²) in [4.78, 5) is 10.8. The topological polar surface area (TPSA) is 46.5 Å². The number of methoxy groups -OCH3 is 1. The molecule has 2 atom stereocenters. The van der Waals surface area contributed by atoms with E-state index in [1.807, 2.05) is 0 Å². The number of alkyl halides is 1. The quantitative estimate of drug-likeness (QED) is 0.810. The minimum Gasteiger partial charge on any atom is -0.467 e. The van der Waals surface area contributed by atoms with E-state index >= 15 is 0 Å². The highest BCUT2D eigenvalue weighted by molar-refractivity contribution is 6.30. The lowest BCUT2D eigenvalue weighted by atomic mass is 10.1. The maximum atomic E-state index is 13.2. The summed E-state index contributed by atoms with van der Waals surface area (Å²) >= 11 is 5.66. The molecular formula is C10H10ClFO3. The van der Waals surface area contributed by atoms with Crippen molar-refractivity contribution in [3.63, 3.8) is 0 Å². The van der Waals surface area contributed by atoms with Crippen molar-refractivity contribution < 1.29 is 19.0 Å². The summed E-state index contributed by atoms with van der Waals surface area (Å²) in [7, 11) is 1.06. The first-order valence-corrected chi connectivity index (χ1v) is 4.59. The third kappa shape index (κ3) is 2.91. The van der Waals surface area contributed by atoms with Gasteiger partial charge in [0.15, 0.2) is 0 Å². The number of ether oxygens (including phenoxy) is 1. The smallest absolute Gasteiger partial charge is 0.343 e. The number of aliphatic hydroxyl groups excluding tert-OH is 1. The van der Waals surface area contributed by atoms with E-state index in [0.717, 1.165) is 7.11 Å².